The van der Waals surface area contributed by atoms with Gasteiger partial charge in [0.25, 0.3) is 5.91 Å². The van der Waals surface area contributed by atoms with E-state index in [1.807, 2.05) is 0 Å². The fraction of sp³-hybridized carbons (Fsp3) is 0. The van der Waals surface area contributed by atoms with Crippen molar-refractivity contribution in [3.8, 4) is 0 Å². The highest BCUT2D eigenvalue weighted by atomic mass is 32.2. The third-order valence-corrected chi connectivity index (χ3v) is 6.59. The lowest BCUT2D eigenvalue weighted by atomic mass is 10.3. The Kier molecular flexibility index (Phi) is 4.46. The first kappa shape index (κ1) is 16.4. The second kappa shape index (κ2) is 6.54. The van der Waals surface area contributed by atoms with Gasteiger partial charge in [-0.25, -0.2) is 12.8 Å². The average molecular weight is 361 g/mol. The van der Waals surface area contributed by atoms with E-state index in [9.17, 15) is 17.6 Å². The number of para-hydroxylation sites is 1. The Bertz CT molecular complexity index is 982. The van der Waals surface area contributed by atoms with Crippen LogP contribution in [0.4, 0.5) is 10.1 Å². The Hall–Kier alpha value is -2.51. The van der Waals surface area contributed by atoms with Crippen molar-refractivity contribution in [1.82, 2.24) is 0 Å². The number of sulfone groups is 1. The number of thiophene rings is 1. The maximum absolute atomic E-state index is 13.6. The van der Waals surface area contributed by atoms with Gasteiger partial charge in [-0.15, -0.1) is 11.3 Å². The molecule has 0 unspecified atom stereocenters. The van der Waals surface area contributed by atoms with Crippen LogP contribution in [-0.2, 0) is 9.84 Å². The van der Waals surface area contributed by atoms with Crippen molar-refractivity contribution in [2.75, 3.05) is 5.32 Å². The van der Waals surface area contributed by atoms with Crippen molar-refractivity contribution in [2.24, 2.45) is 0 Å². The number of hydrogen-bond donors (Lipinski definition) is 1. The highest BCUT2D eigenvalue weighted by Crippen LogP contribution is 2.28. The van der Waals surface area contributed by atoms with Gasteiger partial charge < -0.3 is 5.32 Å². The predicted molar refractivity (Wildman–Crippen MR) is 90.6 cm³/mol. The van der Waals surface area contributed by atoms with Crippen molar-refractivity contribution in [2.45, 2.75) is 9.10 Å². The molecule has 0 radical (unpaired) electrons. The second-order valence-electron chi connectivity index (χ2n) is 4.87. The zero-order valence-electron chi connectivity index (χ0n) is 12.3. The third kappa shape index (κ3) is 3.22. The number of benzene rings is 2. The summed E-state index contributed by atoms with van der Waals surface area (Å²) in [6, 6.07) is 16.5. The molecular weight excluding hydrogens is 349 g/mol. The Morgan fingerprint density at radius 1 is 0.917 bits per heavy atom. The van der Waals surface area contributed by atoms with Crippen molar-refractivity contribution >= 4 is 32.8 Å². The number of amides is 1. The van der Waals surface area contributed by atoms with E-state index >= 15 is 0 Å². The van der Waals surface area contributed by atoms with E-state index in [1.165, 1.54) is 42.5 Å². The lowest BCUT2D eigenvalue weighted by molar-refractivity contribution is 0.103. The monoisotopic (exact) mass is 361 g/mol. The van der Waals surface area contributed by atoms with Crippen LogP contribution in [0.1, 0.15) is 9.67 Å². The minimum Gasteiger partial charge on any atom is -0.319 e. The maximum Gasteiger partial charge on any atom is 0.265 e. The van der Waals surface area contributed by atoms with Crippen molar-refractivity contribution in [3.05, 3.63) is 77.4 Å². The molecule has 0 saturated carbocycles. The number of anilines is 1. The minimum absolute atomic E-state index is 0.0448. The first-order valence-electron chi connectivity index (χ1n) is 6.94. The normalized spacial score (nSPS) is 11.2. The molecule has 2 aromatic carbocycles. The molecule has 0 fully saturated rings. The van der Waals surface area contributed by atoms with Crippen LogP contribution in [0.25, 0.3) is 0 Å². The molecule has 1 aromatic heterocycles. The SMILES string of the molecule is O=C(Nc1ccccc1F)c1ccc(S(=O)(=O)c2ccccc2)s1. The number of carbonyl (C=O) groups excluding carboxylic acids is 1. The molecule has 0 aliphatic heterocycles. The summed E-state index contributed by atoms with van der Waals surface area (Å²) in [7, 11) is -3.67. The quantitative estimate of drug-likeness (QED) is 0.765. The van der Waals surface area contributed by atoms with Crippen molar-refractivity contribution in [1.29, 1.82) is 0 Å². The molecule has 0 atom stereocenters. The first-order chi connectivity index (χ1) is 11.5. The van der Waals surface area contributed by atoms with Gasteiger partial charge in [0.15, 0.2) is 0 Å². The summed E-state index contributed by atoms with van der Waals surface area (Å²) in [5.41, 5.74) is 0.0448. The van der Waals surface area contributed by atoms with Gasteiger partial charge in [0, 0.05) is 0 Å². The lowest BCUT2D eigenvalue weighted by Crippen LogP contribution is -2.11. The van der Waals surface area contributed by atoms with Crippen LogP contribution in [0, 0.1) is 5.82 Å². The second-order valence-corrected chi connectivity index (χ2v) is 8.13. The van der Waals surface area contributed by atoms with Gasteiger partial charge in [-0.1, -0.05) is 30.3 Å². The molecule has 122 valence electrons. The van der Waals surface area contributed by atoms with Gasteiger partial charge in [0.05, 0.1) is 15.5 Å². The molecule has 4 nitrogen and oxygen atoms in total. The summed E-state index contributed by atoms with van der Waals surface area (Å²) in [5, 5.41) is 2.43. The highest BCUT2D eigenvalue weighted by Gasteiger charge is 2.21. The topological polar surface area (TPSA) is 63.2 Å². The van der Waals surface area contributed by atoms with Crippen LogP contribution >= 0.6 is 11.3 Å². The molecule has 0 spiro atoms. The smallest absolute Gasteiger partial charge is 0.265 e. The Morgan fingerprint density at radius 3 is 2.29 bits per heavy atom. The molecule has 0 saturated heterocycles. The molecule has 0 aliphatic carbocycles. The van der Waals surface area contributed by atoms with Gasteiger partial charge in [-0.3, -0.25) is 4.79 Å². The number of hydrogen-bond acceptors (Lipinski definition) is 4. The third-order valence-electron chi connectivity index (χ3n) is 3.25. The van der Waals surface area contributed by atoms with E-state index in [0.717, 1.165) is 11.3 Å². The first-order valence-corrected chi connectivity index (χ1v) is 9.24. The van der Waals surface area contributed by atoms with E-state index in [1.54, 1.807) is 24.3 Å². The van der Waals surface area contributed by atoms with Gasteiger partial charge >= 0.3 is 0 Å². The summed E-state index contributed by atoms with van der Waals surface area (Å²) in [6.45, 7) is 0. The molecule has 24 heavy (non-hydrogen) atoms. The number of rotatable bonds is 4. The Labute approximate surface area is 142 Å². The van der Waals surface area contributed by atoms with E-state index in [-0.39, 0.29) is 19.7 Å². The summed E-state index contributed by atoms with van der Waals surface area (Å²) in [5.74, 6) is -1.11. The van der Waals surface area contributed by atoms with E-state index < -0.39 is 21.6 Å². The molecule has 1 amide bonds. The summed E-state index contributed by atoms with van der Waals surface area (Å²) < 4.78 is 38.6. The maximum atomic E-state index is 13.6. The fourth-order valence-electron chi connectivity index (χ4n) is 2.05. The summed E-state index contributed by atoms with van der Waals surface area (Å²) >= 11 is 0.845. The van der Waals surface area contributed by atoms with E-state index in [0.29, 0.717) is 0 Å². The molecule has 3 rings (SSSR count). The van der Waals surface area contributed by atoms with Gasteiger partial charge in [-0.05, 0) is 36.4 Å². The molecular formula is C17H12FNO3S2. The van der Waals surface area contributed by atoms with Crippen molar-refractivity contribution < 1.29 is 17.6 Å². The van der Waals surface area contributed by atoms with Crippen LogP contribution in [-0.4, -0.2) is 14.3 Å². The van der Waals surface area contributed by atoms with Crippen LogP contribution in [0.3, 0.4) is 0 Å². The standard InChI is InChI=1S/C17H12FNO3S2/c18-13-8-4-5-9-14(13)19-17(20)15-10-11-16(23-15)24(21,22)12-6-2-1-3-7-12/h1-11H,(H,19,20). The highest BCUT2D eigenvalue weighted by molar-refractivity contribution is 7.93. The number of nitrogens with one attached hydrogen (secondary N) is 1. The van der Waals surface area contributed by atoms with E-state index in [2.05, 4.69) is 5.32 Å². The van der Waals surface area contributed by atoms with Crippen molar-refractivity contribution in [3.63, 3.8) is 0 Å². The van der Waals surface area contributed by atoms with Gasteiger partial charge in [0.1, 0.15) is 10.0 Å². The summed E-state index contributed by atoms with van der Waals surface area (Å²) in [6.07, 6.45) is 0. The number of halogens is 1. The lowest BCUT2D eigenvalue weighted by Gasteiger charge is -2.04. The zero-order chi connectivity index (χ0) is 17.2. The minimum atomic E-state index is -3.67. The Morgan fingerprint density at radius 2 is 1.58 bits per heavy atom. The summed E-state index contributed by atoms with van der Waals surface area (Å²) in [4.78, 5) is 12.5. The van der Waals surface area contributed by atoms with Crippen LogP contribution < -0.4 is 5.32 Å². The fourth-order valence-corrected chi connectivity index (χ4v) is 4.67. The van der Waals surface area contributed by atoms with Crippen LogP contribution in [0.15, 0.2) is 75.8 Å². The molecule has 7 heteroatoms. The predicted octanol–water partition coefficient (Wildman–Crippen LogP) is 3.97. The average Bonchev–Trinajstić information content (AvgIpc) is 3.09. The van der Waals surface area contributed by atoms with E-state index in [4.69, 9.17) is 0 Å². The largest absolute Gasteiger partial charge is 0.319 e. The molecule has 0 aliphatic rings. The molecule has 3 aromatic rings. The zero-order valence-corrected chi connectivity index (χ0v) is 13.9. The Balaban J connectivity index is 1.86. The van der Waals surface area contributed by atoms with Crippen LogP contribution in [0.2, 0.25) is 0 Å². The van der Waals surface area contributed by atoms with Gasteiger partial charge in [-0.2, -0.15) is 0 Å². The van der Waals surface area contributed by atoms with Crippen LogP contribution in [0.5, 0.6) is 0 Å². The molecule has 0 bridgehead atoms. The molecule has 1 N–H and O–H groups in total. The van der Waals surface area contributed by atoms with Gasteiger partial charge in [0.2, 0.25) is 9.84 Å². The number of carbonyl (C=O) groups is 1. The molecule has 1 heterocycles.